The molecule has 2 N–H and O–H groups in total. The molecular formula is C37H37F3N4O7S. The summed E-state index contributed by atoms with van der Waals surface area (Å²) in [4.78, 5) is 40.7. The predicted molar refractivity (Wildman–Crippen MR) is 189 cm³/mol. The van der Waals surface area contributed by atoms with Crippen LogP contribution in [-0.4, -0.2) is 64.6 Å². The van der Waals surface area contributed by atoms with E-state index in [0.717, 1.165) is 16.1 Å². The highest BCUT2D eigenvalue weighted by Gasteiger charge is 2.35. The van der Waals surface area contributed by atoms with Crippen molar-refractivity contribution in [3.8, 4) is 5.75 Å². The molecule has 0 unspecified atom stereocenters. The monoisotopic (exact) mass is 738 g/mol. The minimum Gasteiger partial charge on any atom is -0.461 e. The van der Waals surface area contributed by atoms with E-state index in [9.17, 15) is 36.0 Å². The van der Waals surface area contributed by atoms with Crippen LogP contribution in [0.15, 0.2) is 103 Å². The van der Waals surface area contributed by atoms with E-state index < -0.39 is 40.2 Å². The summed E-state index contributed by atoms with van der Waals surface area (Å²) < 4.78 is 75.4. The van der Waals surface area contributed by atoms with Crippen molar-refractivity contribution in [3.63, 3.8) is 0 Å². The summed E-state index contributed by atoms with van der Waals surface area (Å²) in [5.74, 6) is -1.33. The van der Waals surface area contributed by atoms with Gasteiger partial charge in [0.05, 0.1) is 34.9 Å². The van der Waals surface area contributed by atoms with Crippen molar-refractivity contribution in [1.29, 1.82) is 0 Å². The summed E-state index contributed by atoms with van der Waals surface area (Å²) >= 11 is 0. The van der Waals surface area contributed by atoms with E-state index in [-0.39, 0.29) is 61.8 Å². The molecule has 0 spiro atoms. The zero-order chi connectivity index (χ0) is 37.3. The van der Waals surface area contributed by atoms with E-state index in [1.54, 1.807) is 36.4 Å². The molecule has 11 nitrogen and oxygen atoms in total. The average molecular weight is 739 g/mol. The fraction of sp³-hybridized carbons (Fsp3) is 0.270. The van der Waals surface area contributed by atoms with Crippen molar-refractivity contribution in [2.45, 2.75) is 44.3 Å². The van der Waals surface area contributed by atoms with Crippen LogP contribution in [-0.2, 0) is 37.3 Å². The number of amides is 2. The molecule has 1 aliphatic heterocycles. The number of anilines is 3. The van der Waals surface area contributed by atoms with Crippen LogP contribution in [0, 0.1) is 0 Å². The largest absolute Gasteiger partial charge is 0.573 e. The molecule has 1 saturated heterocycles. The summed E-state index contributed by atoms with van der Waals surface area (Å²) in [6, 6.07) is 26.5. The lowest BCUT2D eigenvalue weighted by Crippen LogP contribution is -2.50. The number of rotatable bonds is 16. The Morgan fingerprint density at radius 2 is 1.63 bits per heavy atom. The number of hydrogen-bond acceptors (Lipinski definition) is 8. The van der Waals surface area contributed by atoms with Crippen molar-refractivity contribution < 1.29 is 45.4 Å². The first-order valence-electron chi connectivity index (χ1n) is 16.3. The number of para-hydroxylation sites is 2. The standard InChI is InChI=1S/C37H37F3N4O7S/c1-52(48,49)44(28-14-6-3-7-15-28)32-18-9-17-30(35(32)43-20-10-19-34(43)46)36(47)42-31(22-26-11-4-2-5-12-26)33(50-25-45)24-41-23-27-13-8-16-29(21-27)51-37(38,39)40/h2-9,11-18,21,25,31,33,41H,10,19-20,22-24H2,1H3,(H,42,47)/t31-,33+/m0/s1. The lowest BCUT2D eigenvalue weighted by molar-refractivity contribution is -0.274. The molecule has 52 heavy (non-hydrogen) atoms. The lowest BCUT2D eigenvalue weighted by Gasteiger charge is -2.31. The number of carbonyl (C=O) groups is 3. The molecular weight excluding hydrogens is 701 g/mol. The molecule has 274 valence electrons. The first-order chi connectivity index (χ1) is 24.8. The number of halogens is 3. The molecule has 0 bridgehead atoms. The van der Waals surface area contributed by atoms with Gasteiger partial charge in [-0.2, -0.15) is 0 Å². The average Bonchev–Trinajstić information content (AvgIpc) is 3.52. The van der Waals surface area contributed by atoms with Crippen LogP contribution >= 0.6 is 0 Å². The van der Waals surface area contributed by atoms with Crippen molar-refractivity contribution >= 4 is 45.4 Å². The van der Waals surface area contributed by atoms with Gasteiger partial charge >= 0.3 is 6.36 Å². The third kappa shape index (κ3) is 9.88. The molecule has 4 aromatic rings. The lowest BCUT2D eigenvalue weighted by atomic mass is 9.99. The van der Waals surface area contributed by atoms with Gasteiger partial charge in [-0.15, -0.1) is 13.2 Å². The number of alkyl halides is 3. The number of carbonyl (C=O) groups excluding carboxylic acids is 3. The van der Waals surface area contributed by atoms with Crippen molar-refractivity contribution in [2.75, 3.05) is 28.6 Å². The summed E-state index contributed by atoms with van der Waals surface area (Å²) in [6.45, 7) is 0.553. The Morgan fingerprint density at radius 1 is 0.962 bits per heavy atom. The molecule has 0 radical (unpaired) electrons. The minimum atomic E-state index is -4.86. The van der Waals surface area contributed by atoms with Gasteiger partial charge in [0.25, 0.3) is 12.4 Å². The Kier molecular flexibility index (Phi) is 12.2. The first kappa shape index (κ1) is 37.8. The van der Waals surface area contributed by atoms with E-state index in [1.165, 1.54) is 41.3 Å². The Morgan fingerprint density at radius 3 is 2.27 bits per heavy atom. The highest BCUT2D eigenvalue weighted by Crippen LogP contribution is 2.40. The van der Waals surface area contributed by atoms with E-state index >= 15 is 0 Å². The molecule has 15 heteroatoms. The molecule has 0 aliphatic carbocycles. The van der Waals surface area contributed by atoms with Gasteiger partial charge in [0, 0.05) is 26.1 Å². The van der Waals surface area contributed by atoms with Gasteiger partial charge in [-0.25, -0.2) is 12.7 Å². The van der Waals surface area contributed by atoms with Crippen LogP contribution in [0.2, 0.25) is 0 Å². The molecule has 5 rings (SSSR count). The van der Waals surface area contributed by atoms with Gasteiger partial charge in [-0.3, -0.25) is 14.4 Å². The van der Waals surface area contributed by atoms with E-state index in [0.29, 0.717) is 17.7 Å². The van der Waals surface area contributed by atoms with Gasteiger partial charge in [0.2, 0.25) is 15.9 Å². The molecule has 0 aromatic heterocycles. The fourth-order valence-corrected chi connectivity index (χ4v) is 7.09. The Bertz CT molecular complexity index is 1970. The zero-order valence-electron chi connectivity index (χ0n) is 28.1. The highest BCUT2D eigenvalue weighted by molar-refractivity contribution is 7.92. The van der Waals surface area contributed by atoms with Crippen LogP contribution in [0.5, 0.6) is 5.75 Å². The molecule has 1 fully saturated rings. The second kappa shape index (κ2) is 16.7. The van der Waals surface area contributed by atoms with Crippen molar-refractivity contribution in [2.24, 2.45) is 0 Å². The van der Waals surface area contributed by atoms with Crippen LogP contribution in [0.4, 0.5) is 30.2 Å². The van der Waals surface area contributed by atoms with Crippen LogP contribution in [0.3, 0.4) is 0 Å². The fourth-order valence-electron chi connectivity index (χ4n) is 6.08. The molecule has 4 aromatic carbocycles. The number of nitrogens with one attached hydrogen (secondary N) is 2. The molecule has 1 heterocycles. The second-order valence-corrected chi connectivity index (χ2v) is 13.9. The molecule has 2 atom stereocenters. The number of sulfonamides is 1. The van der Waals surface area contributed by atoms with Crippen LogP contribution < -0.4 is 24.6 Å². The highest BCUT2D eigenvalue weighted by atomic mass is 32.2. The van der Waals surface area contributed by atoms with E-state index in [4.69, 9.17) is 4.74 Å². The summed E-state index contributed by atoms with van der Waals surface area (Å²) in [6.07, 6.45) is -3.90. The number of hydrogen-bond donors (Lipinski definition) is 2. The predicted octanol–water partition coefficient (Wildman–Crippen LogP) is 5.48. The van der Waals surface area contributed by atoms with E-state index in [2.05, 4.69) is 15.4 Å². The van der Waals surface area contributed by atoms with Gasteiger partial charge < -0.3 is 25.0 Å². The van der Waals surface area contributed by atoms with Crippen LogP contribution in [0.25, 0.3) is 0 Å². The van der Waals surface area contributed by atoms with Crippen LogP contribution in [0.1, 0.15) is 34.3 Å². The third-order valence-electron chi connectivity index (χ3n) is 8.24. The SMILES string of the molecule is CS(=O)(=O)N(c1ccccc1)c1cccc(C(=O)N[C@@H](Cc2ccccc2)[C@@H](CNCc2cccc(OC(F)(F)F)c2)OC=O)c1N1CCCC1=O. The normalized spacial score (nSPS) is 14.4. The number of ether oxygens (including phenoxy) is 2. The first-order valence-corrected chi connectivity index (χ1v) is 18.2. The number of nitrogens with zero attached hydrogens (tertiary/aromatic N) is 2. The van der Waals surface area contributed by atoms with Gasteiger partial charge in [0.15, 0.2) is 0 Å². The summed E-state index contributed by atoms with van der Waals surface area (Å²) in [5.41, 5.74) is 1.80. The smallest absolute Gasteiger partial charge is 0.461 e. The Labute approximate surface area is 299 Å². The maximum absolute atomic E-state index is 14.4. The molecule has 0 saturated carbocycles. The minimum absolute atomic E-state index is 0.0196. The topological polar surface area (TPSA) is 134 Å². The van der Waals surface area contributed by atoms with Crippen molar-refractivity contribution in [3.05, 3.63) is 120 Å². The third-order valence-corrected chi connectivity index (χ3v) is 9.32. The zero-order valence-corrected chi connectivity index (χ0v) is 28.9. The Balaban J connectivity index is 1.48. The number of benzene rings is 4. The van der Waals surface area contributed by atoms with Gasteiger partial charge in [-0.05, 0) is 60.4 Å². The maximum atomic E-state index is 14.4. The van der Waals surface area contributed by atoms with Gasteiger partial charge in [0.1, 0.15) is 11.9 Å². The summed E-state index contributed by atoms with van der Waals surface area (Å²) in [5, 5.41) is 6.04. The Hall–Kier alpha value is -5.41. The second-order valence-electron chi connectivity index (χ2n) is 12.1. The van der Waals surface area contributed by atoms with Crippen molar-refractivity contribution in [1.82, 2.24) is 10.6 Å². The van der Waals surface area contributed by atoms with E-state index in [1.807, 2.05) is 30.3 Å². The maximum Gasteiger partial charge on any atom is 0.573 e. The molecule has 1 aliphatic rings. The van der Waals surface area contributed by atoms with Gasteiger partial charge in [-0.1, -0.05) is 66.7 Å². The molecule has 2 amide bonds. The quantitative estimate of drug-likeness (QED) is 0.145. The summed E-state index contributed by atoms with van der Waals surface area (Å²) in [7, 11) is -3.98.